The van der Waals surface area contributed by atoms with Crippen LogP contribution in [0.4, 0.5) is 18.9 Å². The van der Waals surface area contributed by atoms with Crippen molar-refractivity contribution in [3.05, 3.63) is 42.6 Å². The second kappa shape index (κ2) is 4.99. The summed E-state index contributed by atoms with van der Waals surface area (Å²) in [5.41, 5.74) is 0.654. The van der Waals surface area contributed by atoms with Crippen molar-refractivity contribution in [1.29, 1.82) is 0 Å². The van der Waals surface area contributed by atoms with Crippen LogP contribution in [0.5, 0.6) is 5.75 Å². The standard InChI is InChI=1S/C11H9F3N2O2/c12-11(13,14)18-9-3-1-8(2-4-9)16-6-10-5-15-7-17-10/h1-5,7,16H,6H2. The summed E-state index contributed by atoms with van der Waals surface area (Å²) in [4.78, 5) is 3.74. The third-order valence-electron chi connectivity index (χ3n) is 2.04. The normalized spacial score (nSPS) is 11.3. The SMILES string of the molecule is FC(F)(F)Oc1ccc(NCc2cnco2)cc1. The number of alkyl halides is 3. The molecule has 0 bridgehead atoms. The van der Waals surface area contributed by atoms with E-state index >= 15 is 0 Å². The molecule has 18 heavy (non-hydrogen) atoms. The Morgan fingerprint density at radius 2 is 1.94 bits per heavy atom. The molecular formula is C11H9F3N2O2. The molecule has 96 valence electrons. The maximum Gasteiger partial charge on any atom is 0.573 e. The number of oxazole rings is 1. The number of anilines is 1. The maximum atomic E-state index is 11.9. The lowest BCUT2D eigenvalue weighted by molar-refractivity contribution is -0.274. The Labute approximate surface area is 100 Å². The monoisotopic (exact) mass is 258 g/mol. The van der Waals surface area contributed by atoms with Crippen molar-refractivity contribution in [2.24, 2.45) is 0 Å². The molecule has 0 atom stereocenters. The van der Waals surface area contributed by atoms with Gasteiger partial charge < -0.3 is 14.5 Å². The minimum Gasteiger partial charge on any atom is -0.447 e. The molecule has 1 aromatic carbocycles. The highest BCUT2D eigenvalue weighted by atomic mass is 19.4. The number of nitrogens with one attached hydrogen (secondary N) is 1. The predicted octanol–water partition coefficient (Wildman–Crippen LogP) is 3.19. The van der Waals surface area contributed by atoms with Crippen LogP contribution < -0.4 is 10.1 Å². The molecule has 7 heteroatoms. The van der Waals surface area contributed by atoms with Gasteiger partial charge >= 0.3 is 6.36 Å². The van der Waals surface area contributed by atoms with Crippen LogP contribution in [0.25, 0.3) is 0 Å². The molecule has 2 aromatic rings. The molecule has 4 nitrogen and oxygen atoms in total. The van der Waals surface area contributed by atoms with Crippen molar-refractivity contribution in [2.75, 3.05) is 5.32 Å². The van der Waals surface area contributed by atoms with Gasteiger partial charge in [-0.3, -0.25) is 0 Å². The second-order valence-corrected chi connectivity index (χ2v) is 3.39. The number of nitrogens with zero attached hydrogens (tertiary/aromatic N) is 1. The number of halogens is 3. The smallest absolute Gasteiger partial charge is 0.447 e. The first-order valence-electron chi connectivity index (χ1n) is 5.00. The zero-order chi connectivity index (χ0) is 13.0. The van der Waals surface area contributed by atoms with Crippen molar-refractivity contribution in [3.63, 3.8) is 0 Å². The van der Waals surface area contributed by atoms with Crippen LogP contribution >= 0.6 is 0 Å². The van der Waals surface area contributed by atoms with Crippen molar-refractivity contribution in [3.8, 4) is 5.75 Å². The van der Waals surface area contributed by atoms with Gasteiger partial charge in [0.15, 0.2) is 6.39 Å². The Hall–Kier alpha value is -2.18. The van der Waals surface area contributed by atoms with E-state index < -0.39 is 6.36 Å². The fraction of sp³-hybridized carbons (Fsp3) is 0.182. The van der Waals surface area contributed by atoms with Gasteiger partial charge in [0.25, 0.3) is 0 Å². The van der Waals surface area contributed by atoms with E-state index in [0.717, 1.165) is 0 Å². The molecule has 0 unspecified atom stereocenters. The lowest BCUT2D eigenvalue weighted by Crippen LogP contribution is -2.17. The number of hydrogen-bond donors (Lipinski definition) is 1. The molecule has 0 saturated heterocycles. The summed E-state index contributed by atoms with van der Waals surface area (Å²) in [6, 6.07) is 5.43. The summed E-state index contributed by atoms with van der Waals surface area (Å²) in [7, 11) is 0. The van der Waals surface area contributed by atoms with Crippen LogP contribution in [0.2, 0.25) is 0 Å². The number of rotatable bonds is 4. The van der Waals surface area contributed by atoms with Crippen molar-refractivity contribution in [2.45, 2.75) is 12.9 Å². The largest absolute Gasteiger partial charge is 0.573 e. The number of aromatic nitrogens is 1. The van der Waals surface area contributed by atoms with E-state index in [2.05, 4.69) is 15.0 Å². The van der Waals surface area contributed by atoms with E-state index in [4.69, 9.17) is 4.42 Å². The first-order valence-corrected chi connectivity index (χ1v) is 5.00. The maximum absolute atomic E-state index is 11.9. The zero-order valence-corrected chi connectivity index (χ0v) is 9.07. The fourth-order valence-electron chi connectivity index (χ4n) is 1.29. The molecule has 0 saturated carbocycles. The molecule has 0 fully saturated rings. The lowest BCUT2D eigenvalue weighted by Gasteiger charge is -2.09. The molecule has 0 aliphatic heterocycles. The Morgan fingerprint density at radius 3 is 2.50 bits per heavy atom. The van der Waals surface area contributed by atoms with Gasteiger partial charge in [-0.25, -0.2) is 4.98 Å². The highest BCUT2D eigenvalue weighted by molar-refractivity contribution is 5.46. The molecular weight excluding hydrogens is 249 g/mol. The van der Waals surface area contributed by atoms with Gasteiger partial charge in [-0.15, -0.1) is 13.2 Å². The zero-order valence-electron chi connectivity index (χ0n) is 9.07. The van der Waals surface area contributed by atoms with E-state index in [1.165, 1.54) is 30.7 Å². The molecule has 0 aliphatic rings. The Bertz CT molecular complexity index is 480. The van der Waals surface area contributed by atoms with Crippen LogP contribution in [-0.2, 0) is 6.54 Å². The van der Waals surface area contributed by atoms with Gasteiger partial charge in [0, 0.05) is 5.69 Å². The average molecular weight is 258 g/mol. The second-order valence-electron chi connectivity index (χ2n) is 3.39. The Kier molecular flexibility index (Phi) is 3.40. The lowest BCUT2D eigenvalue weighted by atomic mass is 10.3. The van der Waals surface area contributed by atoms with E-state index in [0.29, 0.717) is 18.0 Å². The van der Waals surface area contributed by atoms with Crippen molar-refractivity contribution in [1.82, 2.24) is 4.98 Å². The van der Waals surface area contributed by atoms with E-state index in [9.17, 15) is 13.2 Å². The van der Waals surface area contributed by atoms with E-state index in [-0.39, 0.29) is 5.75 Å². The topological polar surface area (TPSA) is 47.3 Å². The third-order valence-corrected chi connectivity index (χ3v) is 2.04. The Balaban J connectivity index is 1.91. The minimum absolute atomic E-state index is 0.257. The van der Waals surface area contributed by atoms with Gasteiger partial charge in [-0.05, 0) is 24.3 Å². The molecule has 1 N–H and O–H groups in total. The van der Waals surface area contributed by atoms with Crippen LogP contribution in [0, 0.1) is 0 Å². The van der Waals surface area contributed by atoms with Crippen LogP contribution in [0.1, 0.15) is 5.76 Å². The number of ether oxygens (including phenoxy) is 1. The molecule has 0 aliphatic carbocycles. The first kappa shape index (κ1) is 12.3. The van der Waals surface area contributed by atoms with Gasteiger partial charge in [-0.1, -0.05) is 0 Å². The van der Waals surface area contributed by atoms with Gasteiger partial charge in [-0.2, -0.15) is 0 Å². The van der Waals surface area contributed by atoms with E-state index in [1.54, 1.807) is 6.20 Å². The summed E-state index contributed by atoms with van der Waals surface area (Å²) in [6.07, 6.45) is -1.82. The molecule has 1 aromatic heterocycles. The van der Waals surface area contributed by atoms with Crippen molar-refractivity contribution < 1.29 is 22.3 Å². The molecule has 2 rings (SSSR count). The van der Waals surface area contributed by atoms with Crippen LogP contribution in [-0.4, -0.2) is 11.3 Å². The molecule has 1 heterocycles. The molecule has 0 radical (unpaired) electrons. The first-order chi connectivity index (χ1) is 8.53. The quantitative estimate of drug-likeness (QED) is 0.914. The third kappa shape index (κ3) is 3.69. The van der Waals surface area contributed by atoms with Crippen LogP contribution in [0.15, 0.2) is 41.3 Å². The average Bonchev–Trinajstić information content (AvgIpc) is 2.79. The summed E-state index contributed by atoms with van der Waals surface area (Å²) in [6.45, 7) is 0.402. The van der Waals surface area contributed by atoms with E-state index in [1.807, 2.05) is 0 Å². The highest BCUT2D eigenvalue weighted by Gasteiger charge is 2.30. The van der Waals surface area contributed by atoms with Gasteiger partial charge in [0.2, 0.25) is 0 Å². The summed E-state index contributed by atoms with van der Waals surface area (Å²) in [5, 5.41) is 2.97. The number of hydrogen-bond acceptors (Lipinski definition) is 4. The van der Waals surface area contributed by atoms with Gasteiger partial charge in [0.1, 0.15) is 11.5 Å². The van der Waals surface area contributed by atoms with Crippen LogP contribution in [0.3, 0.4) is 0 Å². The highest BCUT2D eigenvalue weighted by Crippen LogP contribution is 2.24. The predicted molar refractivity (Wildman–Crippen MR) is 57.0 cm³/mol. The van der Waals surface area contributed by atoms with Crippen molar-refractivity contribution >= 4 is 5.69 Å². The minimum atomic E-state index is -4.67. The molecule has 0 spiro atoms. The molecule has 0 amide bonds. The Morgan fingerprint density at radius 1 is 1.22 bits per heavy atom. The fourth-order valence-corrected chi connectivity index (χ4v) is 1.29. The van der Waals surface area contributed by atoms with Gasteiger partial charge in [0.05, 0.1) is 12.7 Å². The summed E-state index contributed by atoms with van der Waals surface area (Å²) < 4.78 is 44.5. The summed E-state index contributed by atoms with van der Waals surface area (Å²) >= 11 is 0. The number of benzene rings is 1. The summed E-state index contributed by atoms with van der Waals surface area (Å²) in [5.74, 6) is 0.373.